The number of ketones is 1. The Hall–Kier alpha value is -0.670. The minimum absolute atomic E-state index is 0.0370. The standard InChI is InChI=1S/C21H32O3/c1-13(22)21(24)11-8-18-16-5-4-14-12-15(23)6-9-19(14,2)17(16)7-10-20(18,21)3/h4,15-18,23-24H,5-12H2,1-3H3/t15?,16?,17?,18?,19?,20?,21-/m1/s1. The van der Waals surface area contributed by atoms with Gasteiger partial charge in [-0.05, 0) is 81.5 Å². The average Bonchev–Trinajstić information content (AvgIpc) is 2.81. The molecule has 0 spiro atoms. The van der Waals surface area contributed by atoms with Crippen molar-refractivity contribution in [2.75, 3.05) is 0 Å². The molecule has 2 N–H and O–H groups in total. The van der Waals surface area contributed by atoms with Gasteiger partial charge in [0.05, 0.1) is 6.10 Å². The third-order valence-corrected chi connectivity index (χ3v) is 8.81. The van der Waals surface area contributed by atoms with Gasteiger partial charge >= 0.3 is 0 Å². The van der Waals surface area contributed by atoms with Crippen molar-refractivity contribution in [3.8, 4) is 0 Å². The zero-order chi connectivity index (χ0) is 17.3. The van der Waals surface area contributed by atoms with E-state index < -0.39 is 5.60 Å². The maximum Gasteiger partial charge on any atom is 0.161 e. The smallest absolute Gasteiger partial charge is 0.161 e. The summed E-state index contributed by atoms with van der Waals surface area (Å²) < 4.78 is 0. The lowest BCUT2D eigenvalue weighted by Gasteiger charge is -2.58. The summed E-state index contributed by atoms with van der Waals surface area (Å²) in [6.45, 7) is 6.16. The van der Waals surface area contributed by atoms with E-state index in [2.05, 4.69) is 19.9 Å². The quantitative estimate of drug-likeness (QED) is 0.721. The Kier molecular flexibility index (Phi) is 3.61. The summed E-state index contributed by atoms with van der Waals surface area (Å²) in [6.07, 6.45) is 9.84. The van der Waals surface area contributed by atoms with Gasteiger partial charge in [0.1, 0.15) is 5.60 Å². The molecule has 3 saturated carbocycles. The summed E-state index contributed by atoms with van der Waals surface area (Å²) in [5, 5.41) is 21.2. The number of carbonyl (C=O) groups excluding carboxylic acids is 1. The van der Waals surface area contributed by atoms with Gasteiger partial charge in [-0.2, -0.15) is 0 Å². The Morgan fingerprint density at radius 3 is 2.54 bits per heavy atom. The molecule has 4 aliphatic carbocycles. The number of carbonyl (C=O) groups is 1. The monoisotopic (exact) mass is 332 g/mol. The van der Waals surface area contributed by atoms with Gasteiger partial charge in [0.25, 0.3) is 0 Å². The first-order chi connectivity index (χ1) is 11.2. The molecule has 7 atom stereocenters. The number of aliphatic hydroxyl groups excluding tert-OH is 1. The highest BCUT2D eigenvalue weighted by atomic mass is 16.3. The minimum atomic E-state index is -1.11. The van der Waals surface area contributed by atoms with E-state index in [1.165, 1.54) is 5.57 Å². The fourth-order valence-corrected chi connectivity index (χ4v) is 7.24. The molecule has 3 nitrogen and oxygen atoms in total. The molecule has 3 fully saturated rings. The number of allylic oxidation sites excluding steroid dienone is 1. The van der Waals surface area contributed by atoms with E-state index in [1.807, 2.05) is 0 Å². The van der Waals surface area contributed by atoms with Crippen LogP contribution in [-0.2, 0) is 4.79 Å². The van der Waals surface area contributed by atoms with Gasteiger partial charge in [0, 0.05) is 5.41 Å². The molecule has 0 aromatic heterocycles. The number of fused-ring (bicyclic) bond motifs is 5. The fourth-order valence-electron chi connectivity index (χ4n) is 7.24. The second-order valence-corrected chi connectivity index (χ2v) is 9.57. The summed E-state index contributed by atoms with van der Waals surface area (Å²) in [7, 11) is 0. The molecule has 0 aliphatic heterocycles. The van der Waals surface area contributed by atoms with Gasteiger partial charge in [-0.3, -0.25) is 4.79 Å². The molecule has 0 radical (unpaired) electrons. The highest BCUT2D eigenvalue weighted by Crippen LogP contribution is 2.67. The number of aliphatic hydroxyl groups is 2. The maximum atomic E-state index is 12.2. The van der Waals surface area contributed by atoms with Crippen LogP contribution < -0.4 is 0 Å². The van der Waals surface area contributed by atoms with E-state index in [9.17, 15) is 15.0 Å². The van der Waals surface area contributed by atoms with Crippen molar-refractivity contribution < 1.29 is 15.0 Å². The normalized spacial score (nSPS) is 53.6. The van der Waals surface area contributed by atoms with E-state index in [0.717, 1.165) is 44.9 Å². The summed E-state index contributed by atoms with van der Waals surface area (Å²) in [6, 6.07) is 0. The molecule has 0 aromatic carbocycles. The van der Waals surface area contributed by atoms with E-state index in [-0.39, 0.29) is 22.7 Å². The summed E-state index contributed by atoms with van der Waals surface area (Å²) in [4.78, 5) is 12.2. The van der Waals surface area contributed by atoms with Crippen LogP contribution in [0.2, 0.25) is 0 Å². The molecule has 0 heterocycles. The van der Waals surface area contributed by atoms with E-state index >= 15 is 0 Å². The molecule has 6 unspecified atom stereocenters. The molecular formula is C21H32O3. The van der Waals surface area contributed by atoms with Crippen LogP contribution >= 0.6 is 0 Å². The van der Waals surface area contributed by atoms with Crippen molar-refractivity contribution in [2.45, 2.75) is 83.8 Å². The van der Waals surface area contributed by atoms with Crippen molar-refractivity contribution in [3.05, 3.63) is 11.6 Å². The number of Topliss-reactive ketones (excluding diaryl/α,β-unsaturated/α-hetero) is 1. The third-order valence-electron chi connectivity index (χ3n) is 8.81. The molecule has 4 aliphatic rings. The topological polar surface area (TPSA) is 57.5 Å². The summed E-state index contributed by atoms with van der Waals surface area (Å²) >= 11 is 0. The van der Waals surface area contributed by atoms with Gasteiger partial charge in [0.15, 0.2) is 5.78 Å². The Balaban J connectivity index is 1.69. The van der Waals surface area contributed by atoms with Crippen LogP contribution in [0.25, 0.3) is 0 Å². The predicted octanol–water partition coefficient (Wildman–Crippen LogP) is 3.63. The molecule has 0 aromatic rings. The highest BCUT2D eigenvalue weighted by molar-refractivity contribution is 5.86. The van der Waals surface area contributed by atoms with Crippen molar-refractivity contribution in [2.24, 2.45) is 28.6 Å². The highest BCUT2D eigenvalue weighted by Gasteiger charge is 2.65. The van der Waals surface area contributed by atoms with Crippen LogP contribution in [-0.4, -0.2) is 27.7 Å². The average molecular weight is 332 g/mol. The Labute approximate surface area is 145 Å². The van der Waals surface area contributed by atoms with E-state index in [4.69, 9.17) is 0 Å². The van der Waals surface area contributed by atoms with Crippen molar-refractivity contribution in [1.29, 1.82) is 0 Å². The molecule has 0 bridgehead atoms. The minimum Gasteiger partial charge on any atom is -0.393 e. The number of rotatable bonds is 1. The molecule has 0 amide bonds. The van der Waals surface area contributed by atoms with Gasteiger partial charge in [-0.25, -0.2) is 0 Å². The number of hydrogen-bond donors (Lipinski definition) is 2. The second-order valence-electron chi connectivity index (χ2n) is 9.57. The first-order valence-corrected chi connectivity index (χ1v) is 9.83. The SMILES string of the molecule is CC(=O)[C@]1(O)CCC2C3CC=C4CC(O)CCC4(C)C3CCC21C. The van der Waals surface area contributed by atoms with Crippen molar-refractivity contribution >= 4 is 5.78 Å². The van der Waals surface area contributed by atoms with E-state index in [0.29, 0.717) is 24.2 Å². The lowest BCUT2D eigenvalue weighted by molar-refractivity contribution is -0.159. The van der Waals surface area contributed by atoms with Crippen LogP contribution in [0.15, 0.2) is 11.6 Å². The Bertz CT molecular complexity index is 596. The maximum absolute atomic E-state index is 12.2. The van der Waals surface area contributed by atoms with Crippen molar-refractivity contribution in [1.82, 2.24) is 0 Å². The van der Waals surface area contributed by atoms with Gasteiger partial charge in [0.2, 0.25) is 0 Å². The molecule has 0 saturated heterocycles. The summed E-state index contributed by atoms with van der Waals surface area (Å²) in [5.41, 5.74) is 0.331. The molecule has 3 heteroatoms. The van der Waals surface area contributed by atoms with E-state index in [1.54, 1.807) is 6.92 Å². The van der Waals surface area contributed by atoms with Crippen LogP contribution in [0.5, 0.6) is 0 Å². The third kappa shape index (κ3) is 1.94. The Morgan fingerprint density at radius 2 is 1.83 bits per heavy atom. The zero-order valence-corrected chi connectivity index (χ0v) is 15.3. The number of hydrogen-bond acceptors (Lipinski definition) is 3. The first-order valence-electron chi connectivity index (χ1n) is 9.83. The lowest BCUT2D eigenvalue weighted by Crippen LogP contribution is -2.56. The molecule has 4 rings (SSSR count). The first kappa shape index (κ1) is 16.8. The lowest BCUT2D eigenvalue weighted by atomic mass is 9.47. The fraction of sp³-hybridized carbons (Fsp3) is 0.857. The van der Waals surface area contributed by atoms with Crippen LogP contribution in [0, 0.1) is 28.6 Å². The largest absolute Gasteiger partial charge is 0.393 e. The summed E-state index contributed by atoms with van der Waals surface area (Å²) in [5.74, 6) is 1.65. The Morgan fingerprint density at radius 1 is 1.12 bits per heavy atom. The van der Waals surface area contributed by atoms with Crippen LogP contribution in [0.1, 0.15) is 72.1 Å². The van der Waals surface area contributed by atoms with Crippen LogP contribution in [0.4, 0.5) is 0 Å². The predicted molar refractivity (Wildman–Crippen MR) is 93.3 cm³/mol. The molecule has 134 valence electrons. The van der Waals surface area contributed by atoms with Crippen LogP contribution in [0.3, 0.4) is 0 Å². The molecular weight excluding hydrogens is 300 g/mol. The van der Waals surface area contributed by atoms with Gasteiger partial charge in [-0.1, -0.05) is 25.5 Å². The van der Waals surface area contributed by atoms with Crippen molar-refractivity contribution in [3.63, 3.8) is 0 Å². The molecule has 24 heavy (non-hydrogen) atoms. The van der Waals surface area contributed by atoms with Gasteiger partial charge in [-0.15, -0.1) is 0 Å². The second kappa shape index (κ2) is 5.17. The zero-order valence-electron chi connectivity index (χ0n) is 15.3. The van der Waals surface area contributed by atoms with Gasteiger partial charge < -0.3 is 10.2 Å².